The van der Waals surface area contributed by atoms with Crippen molar-refractivity contribution in [3.63, 3.8) is 0 Å². The summed E-state index contributed by atoms with van der Waals surface area (Å²) in [4.78, 5) is 2.23. The van der Waals surface area contributed by atoms with Crippen molar-refractivity contribution >= 4 is 0 Å². The first-order chi connectivity index (χ1) is 15.6. The largest absolute Gasteiger partial charge is 0.492 e. The van der Waals surface area contributed by atoms with E-state index < -0.39 is 0 Å². The Bertz CT molecular complexity index is 931. The fraction of sp³-hybridized carbons (Fsp3) is 0.429. The molecular formula is C28H36FNO2. The number of ether oxygens (including phenoxy) is 2. The molecule has 1 saturated heterocycles. The van der Waals surface area contributed by atoms with Gasteiger partial charge in [0.25, 0.3) is 0 Å². The van der Waals surface area contributed by atoms with E-state index in [4.69, 9.17) is 9.47 Å². The van der Waals surface area contributed by atoms with E-state index in [9.17, 15) is 4.39 Å². The van der Waals surface area contributed by atoms with E-state index in [1.165, 1.54) is 16.7 Å². The molecule has 3 nitrogen and oxygen atoms in total. The third-order valence-electron chi connectivity index (χ3n) is 6.21. The van der Waals surface area contributed by atoms with E-state index in [2.05, 4.69) is 62.1 Å². The Morgan fingerprint density at radius 3 is 2.41 bits per heavy atom. The number of hydrogen-bond donors (Lipinski definition) is 0. The average molecular weight is 438 g/mol. The van der Waals surface area contributed by atoms with E-state index >= 15 is 0 Å². The van der Waals surface area contributed by atoms with Crippen LogP contribution in [0.4, 0.5) is 4.39 Å². The zero-order valence-corrected chi connectivity index (χ0v) is 20.0. The number of likely N-dealkylation sites (tertiary alicyclic amines) is 1. The smallest absolute Gasteiger partial charge is 0.150 e. The molecule has 2 heterocycles. The highest BCUT2D eigenvalue weighted by atomic mass is 19.1. The standard InChI is InChI=1S/C28H36FNO2/c1-6-10-22(7-2)27-20(5)25(8-3)26(9-4)32-28(27)23-11-13-24(14-12-23)31-16-15-30-18-21(17-29)19-30/h6-14,21,28H,15-19H2,1-5H3/b10-6-,22-7+,25-8-,26-9+/t28-/m1/s1. The van der Waals surface area contributed by atoms with Crippen LogP contribution in [0.3, 0.4) is 0 Å². The maximum atomic E-state index is 12.6. The number of nitrogens with zero attached hydrogens (tertiary/aromatic N) is 1. The normalized spacial score (nSPS) is 23.2. The highest BCUT2D eigenvalue weighted by Gasteiger charge is 2.30. The third kappa shape index (κ3) is 5.24. The van der Waals surface area contributed by atoms with Crippen molar-refractivity contribution in [3.05, 3.63) is 88.3 Å². The fourth-order valence-electron chi connectivity index (χ4n) is 4.47. The van der Waals surface area contributed by atoms with Gasteiger partial charge in [-0.3, -0.25) is 9.29 Å². The lowest BCUT2D eigenvalue weighted by Gasteiger charge is -2.37. The molecule has 0 amide bonds. The molecule has 0 saturated carbocycles. The third-order valence-corrected chi connectivity index (χ3v) is 6.21. The second-order valence-corrected chi connectivity index (χ2v) is 8.33. The van der Waals surface area contributed by atoms with E-state index in [1.54, 1.807) is 0 Å². The maximum Gasteiger partial charge on any atom is 0.150 e. The summed E-state index contributed by atoms with van der Waals surface area (Å²) in [5.41, 5.74) is 5.84. The Labute approximate surface area is 192 Å². The van der Waals surface area contributed by atoms with Crippen LogP contribution in [-0.2, 0) is 4.74 Å². The van der Waals surface area contributed by atoms with Crippen LogP contribution >= 0.6 is 0 Å². The van der Waals surface area contributed by atoms with Gasteiger partial charge in [0.15, 0.2) is 0 Å². The number of allylic oxidation sites excluding steroid dienone is 6. The topological polar surface area (TPSA) is 21.7 Å². The van der Waals surface area contributed by atoms with Gasteiger partial charge in [0.2, 0.25) is 0 Å². The molecule has 172 valence electrons. The minimum Gasteiger partial charge on any atom is -0.492 e. The molecule has 2 aliphatic heterocycles. The van der Waals surface area contributed by atoms with Gasteiger partial charge in [0.1, 0.15) is 24.2 Å². The van der Waals surface area contributed by atoms with Gasteiger partial charge in [-0.15, -0.1) is 0 Å². The summed E-state index contributed by atoms with van der Waals surface area (Å²) in [6.45, 7) is 13.3. The highest BCUT2D eigenvalue weighted by molar-refractivity contribution is 5.58. The molecule has 32 heavy (non-hydrogen) atoms. The zero-order valence-electron chi connectivity index (χ0n) is 20.0. The predicted octanol–water partition coefficient (Wildman–Crippen LogP) is 6.73. The van der Waals surface area contributed by atoms with Gasteiger partial charge in [-0.2, -0.15) is 0 Å². The van der Waals surface area contributed by atoms with Crippen LogP contribution < -0.4 is 4.74 Å². The SMILES string of the molecule is C/C=C\C(=C/C)C1=C(C)C(=C/C)/C(=C\C)O[C@@H]1c1ccc(OCCN2CC(CF)C2)cc1. The van der Waals surface area contributed by atoms with Crippen molar-refractivity contribution in [2.75, 3.05) is 32.9 Å². The van der Waals surface area contributed by atoms with Crippen molar-refractivity contribution in [3.8, 4) is 5.75 Å². The van der Waals surface area contributed by atoms with Crippen molar-refractivity contribution < 1.29 is 13.9 Å². The quantitative estimate of drug-likeness (QED) is 0.421. The first-order valence-corrected chi connectivity index (χ1v) is 11.6. The van der Waals surface area contributed by atoms with E-state index in [-0.39, 0.29) is 18.7 Å². The zero-order chi connectivity index (χ0) is 23.1. The predicted molar refractivity (Wildman–Crippen MR) is 130 cm³/mol. The van der Waals surface area contributed by atoms with Crippen LogP contribution in [-0.4, -0.2) is 37.8 Å². The van der Waals surface area contributed by atoms with Crippen molar-refractivity contribution in [2.45, 2.75) is 40.7 Å². The molecular weight excluding hydrogens is 401 g/mol. The molecule has 0 spiro atoms. The average Bonchev–Trinajstić information content (AvgIpc) is 2.79. The van der Waals surface area contributed by atoms with Crippen LogP contribution in [0.25, 0.3) is 0 Å². The minimum absolute atomic E-state index is 0.180. The monoisotopic (exact) mass is 437 g/mol. The molecule has 0 N–H and O–H groups in total. The summed E-state index contributed by atoms with van der Waals surface area (Å²) < 4.78 is 25.0. The Balaban J connectivity index is 1.79. The van der Waals surface area contributed by atoms with E-state index in [0.29, 0.717) is 6.61 Å². The molecule has 1 atom stereocenters. The van der Waals surface area contributed by atoms with Crippen molar-refractivity contribution in [2.24, 2.45) is 5.92 Å². The first-order valence-electron chi connectivity index (χ1n) is 11.6. The summed E-state index contributed by atoms with van der Waals surface area (Å²) in [6.07, 6.45) is 10.3. The van der Waals surface area contributed by atoms with Crippen LogP contribution in [0.5, 0.6) is 5.75 Å². The van der Waals surface area contributed by atoms with Crippen LogP contribution in [0.1, 0.15) is 46.3 Å². The van der Waals surface area contributed by atoms with Gasteiger partial charge in [0, 0.05) is 36.7 Å². The van der Waals surface area contributed by atoms with Gasteiger partial charge in [-0.05, 0) is 69.5 Å². The summed E-state index contributed by atoms with van der Waals surface area (Å²) in [5, 5.41) is 0. The lowest BCUT2D eigenvalue weighted by Crippen LogP contribution is -2.49. The van der Waals surface area contributed by atoms with Gasteiger partial charge in [0.05, 0.1) is 6.67 Å². The maximum absolute atomic E-state index is 12.6. The highest BCUT2D eigenvalue weighted by Crippen LogP contribution is 2.44. The number of halogens is 1. The molecule has 2 aliphatic rings. The molecule has 3 rings (SSSR count). The molecule has 0 unspecified atom stereocenters. The summed E-state index contributed by atoms with van der Waals surface area (Å²) in [6, 6.07) is 8.20. The van der Waals surface area contributed by atoms with Crippen LogP contribution in [0, 0.1) is 5.92 Å². The number of alkyl halides is 1. The Morgan fingerprint density at radius 1 is 1.12 bits per heavy atom. The van der Waals surface area contributed by atoms with Crippen LogP contribution in [0.2, 0.25) is 0 Å². The molecule has 0 aliphatic carbocycles. The molecule has 1 fully saturated rings. The summed E-state index contributed by atoms with van der Waals surface area (Å²) >= 11 is 0. The molecule has 0 aromatic heterocycles. The lowest BCUT2D eigenvalue weighted by molar-refractivity contribution is 0.0668. The number of benzene rings is 1. The van der Waals surface area contributed by atoms with Gasteiger partial charge in [-0.1, -0.05) is 36.4 Å². The summed E-state index contributed by atoms with van der Waals surface area (Å²) in [5.74, 6) is 1.97. The Kier molecular flexibility index (Phi) is 8.52. The molecule has 0 bridgehead atoms. The van der Waals surface area contributed by atoms with Gasteiger partial charge >= 0.3 is 0 Å². The number of rotatable bonds is 8. The fourth-order valence-corrected chi connectivity index (χ4v) is 4.47. The molecule has 0 radical (unpaired) electrons. The second kappa shape index (κ2) is 11.3. The van der Waals surface area contributed by atoms with E-state index in [1.807, 2.05) is 32.1 Å². The Morgan fingerprint density at radius 2 is 1.84 bits per heavy atom. The Hall–Kier alpha value is -2.59. The lowest BCUT2D eigenvalue weighted by atomic mass is 9.84. The molecule has 1 aromatic carbocycles. The first kappa shape index (κ1) is 24.1. The van der Waals surface area contributed by atoms with Crippen LogP contribution in [0.15, 0.2) is 82.7 Å². The van der Waals surface area contributed by atoms with Crippen molar-refractivity contribution in [1.29, 1.82) is 0 Å². The summed E-state index contributed by atoms with van der Waals surface area (Å²) in [7, 11) is 0. The van der Waals surface area contributed by atoms with E-state index in [0.717, 1.165) is 42.3 Å². The molecule has 4 heteroatoms. The molecule has 1 aromatic rings. The van der Waals surface area contributed by atoms with Gasteiger partial charge in [-0.25, -0.2) is 0 Å². The van der Waals surface area contributed by atoms with Crippen molar-refractivity contribution in [1.82, 2.24) is 4.90 Å². The minimum atomic E-state index is -0.217. The van der Waals surface area contributed by atoms with Gasteiger partial charge < -0.3 is 9.47 Å². The second-order valence-electron chi connectivity index (χ2n) is 8.33. The number of hydrogen-bond acceptors (Lipinski definition) is 3.